The number of anilines is 1. The van der Waals surface area contributed by atoms with Gasteiger partial charge in [-0.1, -0.05) is 13.8 Å². The van der Waals surface area contributed by atoms with Crippen molar-refractivity contribution < 1.29 is 17.9 Å². The molecular formula is C18H24N4O4S. The number of sulfonamides is 1. The van der Waals surface area contributed by atoms with Gasteiger partial charge in [0.1, 0.15) is 10.7 Å². The van der Waals surface area contributed by atoms with E-state index in [1.54, 1.807) is 52.5 Å². The summed E-state index contributed by atoms with van der Waals surface area (Å²) in [5.74, 6) is 1.67. The monoisotopic (exact) mass is 392 g/mol. The Labute approximate surface area is 159 Å². The van der Waals surface area contributed by atoms with Crippen LogP contribution in [0.3, 0.4) is 0 Å². The molecule has 0 unspecified atom stereocenters. The zero-order valence-electron chi connectivity index (χ0n) is 15.8. The molecule has 0 radical (unpaired) electrons. The second-order valence-corrected chi connectivity index (χ2v) is 7.39. The van der Waals surface area contributed by atoms with Crippen molar-refractivity contribution in [2.24, 2.45) is 5.10 Å². The van der Waals surface area contributed by atoms with E-state index in [9.17, 15) is 8.42 Å². The molecule has 0 bridgehead atoms. The zero-order valence-corrected chi connectivity index (χ0v) is 16.7. The minimum Gasteiger partial charge on any atom is -0.493 e. The van der Waals surface area contributed by atoms with Gasteiger partial charge < -0.3 is 9.47 Å². The Balaban J connectivity index is 2.08. The average molecular weight is 392 g/mol. The van der Waals surface area contributed by atoms with Gasteiger partial charge in [-0.05, 0) is 35.9 Å². The molecule has 0 aliphatic rings. The van der Waals surface area contributed by atoms with Gasteiger partial charge in [0.2, 0.25) is 10.0 Å². The first-order valence-electron chi connectivity index (χ1n) is 8.43. The highest BCUT2D eigenvalue weighted by molar-refractivity contribution is 7.89. The molecule has 1 heterocycles. The van der Waals surface area contributed by atoms with E-state index in [1.807, 2.05) is 6.07 Å². The second kappa shape index (κ2) is 9.33. The van der Waals surface area contributed by atoms with Crippen molar-refractivity contribution >= 4 is 22.1 Å². The van der Waals surface area contributed by atoms with Crippen molar-refractivity contribution in [3.8, 4) is 11.5 Å². The standard InChI is InChI=1S/C18H24N4O4S/c1-5-22(6-2)27(23,24)15-8-10-18(19-13-15)21-20-12-14-7-9-16(25-3)17(11-14)26-4/h7-13H,5-6H2,1-4H3,(H,19,21). The third-order valence-corrected chi connectivity index (χ3v) is 5.91. The summed E-state index contributed by atoms with van der Waals surface area (Å²) in [7, 11) is -0.380. The minimum absolute atomic E-state index is 0.153. The maximum Gasteiger partial charge on any atom is 0.244 e. The van der Waals surface area contributed by atoms with E-state index >= 15 is 0 Å². The second-order valence-electron chi connectivity index (χ2n) is 5.45. The van der Waals surface area contributed by atoms with Gasteiger partial charge in [-0.3, -0.25) is 5.43 Å². The molecule has 146 valence electrons. The lowest BCUT2D eigenvalue weighted by molar-refractivity contribution is 0.355. The number of nitrogens with one attached hydrogen (secondary N) is 1. The van der Waals surface area contributed by atoms with Crippen LogP contribution in [0.4, 0.5) is 5.82 Å². The summed E-state index contributed by atoms with van der Waals surface area (Å²) >= 11 is 0. The lowest BCUT2D eigenvalue weighted by Crippen LogP contribution is -2.30. The van der Waals surface area contributed by atoms with Crippen molar-refractivity contribution in [2.75, 3.05) is 32.7 Å². The lowest BCUT2D eigenvalue weighted by Gasteiger charge is -2.18. The largest absolute Gasteiger partial charge is 0.493 e. The number of pyridine rings is 1. The van der Waals surface area contributed by atoms with E-state index in [0.29, 0.717) is 30.4 Å². The summed E-state index contributed by atoms with van der Waals surface area (Å²) in [5, 5.41) is 4.11. The number of nitrogens with zero attached hydrogens (tertiary/aromatic N) is 3. The van der Waals surface area contributed by atoms with E-state index in [1.165, 1.54) is 16.6 Å². The number of rotatable bonds is 9. The van der Waals surface area contributed by atoms with Gasteiger partial charge in [0.05, 0.1) is 20.4 Å². The molecule has 0 aliphatic heterocycles. The summed E-state index contributed by atoms with van der Waals surface area (Å²) in [6, 6.07) is 8.49. The Morgan fingerprint density at radius 2 is 1.81 bits per heavy atom. The molecule has 27 heavy (non-hydrogen) atoms. The number of hydrogen-bond donors (Lipinski definition) is 1. The Hall–Kier alpha value is -2.65. The van der Waals surface area contributed by atoms with Gasteiger partial charge in [0.25, 0.3) is 0 Å². The Kier molecular flexibility index (Phi) is 7.14. The molecule has 0 amide bonds. The van der Waals surface area contributed by atoms with E-state index in [4.69, 9.17) is 9.47 Å². The van der Waals surface area contributed by atoms with Gasteiger partial charge in [-0.15, -0.1) is 0 Å². The van der Waals surface area contributed by atoms with Crippen molar-refractivity contribution in [1.82, 2.24) is 9.29 Å². The normalized spacial score (nSPS) is 11.7. The van der Waals surface area contributed by atoms with Gasteiger partial charge in [0.15, 0.2) is 11.5 Å². The van der Waals surface area contributed by atoms with Gasteiger partial charge in [-0.25, -0.2) is 13.4 Å². The highest BCUT2D eigenvalue weighted by Gasteiger charge is 2.21. The fraction of sp³-hybridized carbons (Fsp3) is 0.333. The van der Waals surface area contributed by atoms with Crippen LogP contribution in [0.15, 0.2) is 46.5 Å². The van der Waals surface area contributed by atoms with Crippen molar-refractivity contribution in [3.63, 3.8) is 0 Å². The molecule has 8 nitrogen and oxygen atoms in total. The molecule has 1 aromatic carbocycles. The Morgan fingerprint density at radius 3 is 2.37 bits per heavy atom. The number of benzene rings is 1. The third-order valence-electron chi connectivity index (χ3n) is 3.88. The molecule has 1 aromatic heterocycles. The van der Waals surface area contributed by atoms with E-state index < -0.39 is 10.0 Å². The highest BCUT2D eigenvalue weighted by atomic mass is 32.2. The fourth-order valence-corrected chi connectivity index (χ4v) is 3.82. The van der Waals surface area contributed by atoms with Crippen LogP contribution in [0.25, 0.3) is 0 Å². The van der Waals surface area contributed by atoms with Crippen LogP contribution in [0.2, 0.25) is 0 Å². The molecule has 9 heteroatoms. The molecule has 0 atom stereocenters. The molecule has 0 spiro atoms. The molecule has 0 fully saturated rings. The molecule has 0 saturated heterocycles. The van der Waals surface area contributed by atoms with Crippen molar-refractivity contribution in [3.05, 3.63) is 42.1 Å². The smallest absolute Gasteiger partial charge is 0.244 e. The van der Waals surface area contributed by atoms with Gasteiger partial charge in [0, 0.05) is 19.3 Å². The van der Waals surface area contributed by atoms with Crippen LogP contribution < -0.4 is 14.9 Å². The molecule has 1 N–H and O–H groups in total. The number of methoxy groups -OCH3 is 2. The fourth-order valence-electron chi connectivity index (χ4n) is 2.42. The topological polar surface area (TPSA) is 93.1 Å². The maximum atomic E-state index is 12.4. The first-order valence-corrected chi connectivity index (χ1v) is 9.87. The molecular weight excluding hydrogens is 368 g/mol. The van der Waals surface area contributed by atoms with Gasteiger partial charge in [-0.2, -0.15) is 9.41 Å². The van der Waals surface area contributed by atoms with Crippen LogP contribution in [-0.4, -0.2) is 51.2 Å². The van der Waals surface area contributed by atoms with Crippen molar-refractivity contribution in [2.45, 2.75) is 18.7 Å². The van der Waals surface area contributed by atoms with E-state index in [2.05, 4.69) is 15.5 Å². The zero-order chi connectivity index (χ0) is 19.9. The summed E-state index contributed by atoms with van der Waals surface area (Å²) in [4.78, 5) is 4.27. The average Bonchev–Trinajstić information content (AvgIpc) is 2.69. The highest BCUT2D eigenvalue weighted by Crippen LogP contribution is 2.26. The molecule has 0 aliphatic carbocycles. The van der Waals surface area contributed by atoms with Gasteiger partial charge >= 0.3 is 0 Å². The Bertz CT molecular complexity index is 879. The molecule has 2 rings (SSSR count). The minimum atomic E-state index is -3.52. The summed E-state index contributed by atoms with van der Waals surface area (Å²) < 4.78 is 36.7. The number of hydrogen-bond acceptors (Lipinski definition) is 7. The van der Waals surface area contributed by atoms with Crippen LogP contribution in [-0.2, 0) is 10.0 Å². The van der Waals surface area contributed by atoms with Crippen LogP contribution in [0, 0.1) is 0 Å². The number of ether oxygens (including phenoxy) is 2. The van der Waals surface area contributed by atoms with E-state index in [-0.39, 0.29) is 4.90 Å². The molecule has 2 aromatic rings. The number of hydrazone groups is 1. The van der Waals surface area contributed by atoms with Crippen LogP contribution >= 0.6 is 0 Å². The summed E-state index contributed by atoms with van der Waals surface area (Å²) in [6.07, 6.45) is 2.92. The summed E-state index contributed by atoms with van der Waals surface area (Å²) in [5.41, 5.74) is 3.58. The third kappa shape index (κ3) is 4.95. The predicted molar refractivity (Wildman–Crippen MR) is 105 cm³/mol. The summed E-state index contributed by atoms with van der Waals surface area (Å²) in [6.45, 7) is 4.42. The SMILES string of the molecule is CCN(CC)S(=O)(=O)c1ccc(NN=Cc2ccc(OC)c(OC)c2)nc1. The van der Waals surface area contributed by atoms with Crippen LogP contribution in [0.1, 0.15) is 19.4 Å². The van der Waals surface area contributed by atoms with Crippen molar-refractivity contribution in [1.29, 1.82) is 0 Å². The lowest BCUT2D eigenvalue weighted by atomic mass is 10.2. The maximum absolute atomic E-state index is 12.4. The first kappa shape index (κ1) is 20.7. The first-order chi connectivity index (χ1) is 13.0. The molecule has 0 saturated carbocycles. The Morgan fingerprint density at radius 1 is 1.11 bits per heavy atom. The predicted octanol–water partition coefficient (Wildman–Crippen LogP) is 2.58. The van der Waals surface area contributed by atoms with Crippen LogP contribution in [0.5, 0.6) is 11.5 Å². The number of aromatic nitrogens is 1. The van der Waals surface area contributed by atoms with E-state index in [0.717, 1.165) is 5.56 Å². The quantitative estimate of drug-likeness (QED) is 0.521.